The number of hydrogen-bond donors (Lipinski definition) is 0. The van der Waals surface area contributed by atoms with E-state index in [-0.39, 0.29) is 0 Å². The van der Waals surface area contributed by atoms with E-state index in [1.54, 1.807) is 0 Å². The zero-order valence-corrected chi connectivity index (χ0v) is 17.9. The average molecular weight is 393 g/mol. The summed E-state index contributed by atoms with van der Waals surface area (Å²) in [5.41, 5.74) is 8.23. The molecule has 4 aromatic rings. The van der Waals surface area contributed by atoms with Crippen LogP contribution >= 0.6 is 0 Å². The summed E-state index contributed by atoms with van der Waals surface area (Å²) in [6.45, 7) is 7.51. The molecule has 0 aliphatic carbocycles. The Bertz CT molecular complexity index is 1080. The standard InChI is InChI=1S/C28H28N2/c1-4-30(26-11-6-5-7-12-26)27-17-18-28(29-20-27)25-10-8-9-24(19-25)23-15-13-22(14-16-23)21(2)3/h5-21H,4H2,1-3H3. The minimum Gasteiger partial charge on any atom is -0.341 e. The summed E-state index contributed by atoms with van der Waals surface area (Å²) < 4.78 is 0. The van der Waals surface area contributed by atoms with Gasteiger partial charge in [0.2, 0.25) is 0 Å². The molecule has 0 aliphatic heterocycles. The molecule has 0 radical (unpaired) electrons. The predicted octanol–water partition coefficient (Wildman–Crippen LogP) is 7.70. The fourth-order valence-electron chi connectivity index (χ4n) is 3.76. The van der Waals surface area contributed by atoms with Gasteiger partial charge in [0, 0.05) is 17.8 Å². The summed E-state index contributed by atoms with van der Waals surface area (Å²) in [6.07, 6.45) is 1.97. The number of hydrogen-bond acceptors (Lipinski definition) is 2. The van der Waals surface area contributed by atoms with Gasteiger partial charge in [-0.1, -0.05) is 74.5 Å². The zero-order valence-electron chi connectivity index (χ0n) is 17.9. The average Bonchev–Trinajstić information content (AvgIpc) is 2.81. The van der Waals surface area contributed by atoms with Crippen molar-refractivity contribution in [3.05, 3.63) is 103 Å². The molecule has 2 heteroatoms. The van der Waals surface area contributed by atoms with Crippen molar-refractivity contribution in [3.8, 4) is 22.4 Å². The lowest BCUT2D eigenvalue weighted by Crippen LogP contribution is -2.15. The van der Waals surface area contributed by atoms with Gasteiger partial charge >= 0.3 is 0 Å². The second kappa shape index (κ2) is 8.96. The highest BCUT2D eigenvalue weighted by Crippen LogP contribution is 2.29. The van der Waals surface area contributed by atoms with Gasteiger partial charge in [-0.2, -0.15) is 0 Å². The lowest BCUT2D eigenvalue weighted by molar-refractivity contribution is 0.867. The number of pyridine rings is 1. The number of nitrogens with zero attached hydrogens (tertiary/aromatic N) is 2. The van der Waals surface area contributed by atoms with Crippen LogP contribution in [0.2, 0.25) is 0 Å². The molecule has 0 saturated heterocycles. The van der Waals surface area contributed by atoms with E-state index in [0.717, 1.165) is 23.5 Å². The lowest BCUT2D eigenvalue weighted by Gasteiger charge is -2.23. The SMILES string of the molecule is CCN(c1ccccc1)c1ccc(-c2cccc(-c3ccc(C(C)C)cc3)c2)nc1. The van der Waals surface area contributed by atoms with E-state index < -0.39 is 0 Å². The maximum atomic E-state index is 4.77. The molecule has 0 N–H and O–H groups in total. The van der Waals surface area contributed by atoms with Gasteiger partial charge in [0.1, 0.15) is 0 Å². The molecule has 0 atom stereocenters. The van der Waals surface area contributed by atoms with E-state index in [4.69, 9.17) is 4.98 Å². The molecule has 150 valence electrons. The molecule has 0 aliphatic rings. The van der Waals surface area contributed by atoms with Crippen molar-refractivity contribution >= 4 is 11.4 Å². The highest BCUT2D eigenvalue weighted by Gasteiger charge is 2.09. The van der Waals surface area contributed by atoms with Crippen molar-refractivity contribution in [1.82, 2.24) is 4.98 Å². The fraction of sp³-hybridized carbons (Fsp3) is 0.179. The van der Waals surface area contributed by atoms with E-state index >= 15 is 0 Å². The van der Waals surface area contributed by atoms with Crippen LogP contribution in [0.25, 0.3) is 22.4 Å². The van der Waals surface area contributed by atoms with Gasteiger partial charge in [-0.25, -0.2) is 0 Å². The smallest absolute Gasteiger partial charge is 0.0703 e. The van der Waals surface area contributed by atoms with Crippen molar-refractivity contribution < 1.29 is 0 Å². The molecule has 0 bridgehead atoms. The summed E-state index contributed by atoms with van der Waals surface area (Å²) in [6, 6.07) is 32.2. The van der Waals surface area contributed by atoms with Crippen LogP contribution in [0.15, 0.2) is 97.2 Å². The quantitative estimate of drug-likeness (QED) is 0.334. The molecule has 0 amide bonds. The molecule has 0 fully saturated rings. The van der Waals surface area contributed by atoms with Gasteiger partial charge < -0.3 is 4.90 Å². The van der Waals surface area contributed by atoms with Crippen LogP contribution in [0.3, 0.4) is 0 Å². The Morgan fingerprint density at radius 2 is 1.43 bits per heavy atom. The topological polar surface area (TPSA) is 16.1 Å². The lowest BCUT2D eigenvalue weighted by atomic mass is 9.97. The molecule has 0 saturated carbocycles. The summed E-state index contributed by atoms with van der Waals surface area (Å²) in [5.74, 6) is 0.548. The maximum Gasteiger partial charge on any atom is 0.0703 e. The molecule has 4 rings (SSSR count). The molecule has 1 aromatic heterocycles. The van der Waals surface area contributed by atoms with E-state index in [0.29, 0.717) is 5.92 Å². The summed E-state index contributed by atoms with van der Waals surface area (Å²) in [5, 5.41) is 0. The Morgan fingerprint density at radius 1 is 0.700 bits per heavy atom. The first-order valence-corrected chi connectivity index (χ1v) is 10.6. The molecule has 1 heterocycles. The third-order valence-electron chi connectivity index (χ3n) is 5.51. The molecular formula is C28H28N2. The molecule has 2 nitrogen and oxygen atoms in total. The molecular weight excluding hydrogens is 364 g/mol. The van der Waals surface area contributed by atoms with E-state index in [1.807, 2.05) is 12.3 Å². The van der Waals surface area contributed by atoms with Crippen molar-refractivity contribution in [1.29, 1.82) is 0 Å². The minimum absolute atomic E-state index is 0.548. The number of para-hydroxylation sites is 1. The Morgan fingerprint density at radius 3 is 2.07 bits per heavy atom. The fourth-order valence-corrected chi connectivity index (χ4v) is 3.76. The summed E-state index contributed by atoms with van der Waals surface area (Å²) in [7, 11) is 0. The third-order valence-corrected chi connectivity index (χ3v) is 5.51. The Kier molecular flexibility index (Phi) is 5.94. The third kappa shape index (κ3) is 4.28. The Labute approximate surface area is 179 Å². The maximum absolute atomic E-state index is 4.77. The van der Waals surface area contributed by atoms with Crippen molar-refractivity contribution in [2.24, 2.45) is 0 Å². The van der Waals surface area contributed by atoms with Crippen LogP contribution in [0, 0.1) is 0 Å². The number of aromatic nitrogens is 1. The van der Waals surface area contributed by atoms with Crippen LogP contribution in [0.1, 0.15) is 32.3 Å². The zero-order chi connectivity index (χ0) is 20.9. The second-order valence-corrected chi connectivity index (χ2v) is 7.84. The molecule has 0 spiro atoms. The molecule has 0 unspecified atom stereocenters. The van der Waals surface area contributed by atoms with E-state index in [9.17, 15) is 0 Å². The van der Waals surface area contributed by atoms with Crippen LogP contribution in [-0.2, 0) is 0 Å². The van der Waals surface area contributed by atoms with Gasteiger partial charge in [0.25, 0.3) is 0 Å². The number of rotatable bonds is 6. The van der Waals surface area contributed by atoms with Gasteiger partial charge in [-0.3, -0.25) is 4.98 Å². The minimum atomic E-state index is 0.548. The van der Waals surface area contributed by atoms with E-state index in [2.05, 4.69) is 111 Å². The van der Waals surface area contributed by atoms with Gasteiger partial charge in [-0.15, -0.1) is 0 Å². The number of anilines is 2. The first-order valence-electron chi connectivity index (χ1n) is 10.6. The summed E-state index contributed by atoms with van der Waals surface area (Å²) >= 11 is 0. The molecule has 30 heavy (non-hydrogen) atoms. The van der Waals surface area contributed by atoms with Crippen LogP contribution < -0.4 is 4.90 Å². The largest absolute Gasteiger partial charge is 0.341 e. The van der Waals surface area contributed by atoms with Gasteiger partial charge in [0.05, 0.1) is 17.6 Å². The second-order valence-electron chi connectivity index (χ2n) is 7.84. The van der Waals surface area contributed by atoms with Crippen LogP contribution in [0.4, 0.5) is 11.4 Å². The van der Waals surface area contributed by atoms with Crippen molar-refractivity contribution in [2.45, 2.75) is 26.7 Å². The van der Waals surface area contributed by atoms with Crippen LogP contribution in [-0.4, -0.2) is 11.5 Å². The Balaban J connectivity index is 1.59. The highest BCUT2D eigenvalue weighted by atomic mass is 15.1. The predicted molar refractivity (Wildman–Crippen MR) is 128 cm³/mol. The first-order chi connectivity index (χ1) is 14.7. The summed E-state index contributed by atoms with van der Waals surface area (Å²) in [4.78, 5) is 7.04. The first kappa shape index (κ1) is 19.9. The van der Waals surface area contributed by atoms with Crippen LogP contribution in [0.5, 0.6) is 0 Å². The van der Waals surface area contributed by atoms with Crippen molar-refractivity contribution in [2.75, 3.05) is 11.4 Å². The monoisotopic (exact) mass is 392 g/mol. The van der Waals surface area contributed by atoms with Gasteiger partial charge in [0.15, 0.2) is 0 Å². The van der Waals surface area contributed by atoms with E-state index in [1.165, 1.54) is 22.4 Å². The molecule has 3 aromatic carbocycles. The number of benzene rings is 3. The normalized spacial score (nSPS) is 10.9. The Hall–Kier alpha value is -3.39. The van der Waals surface area contributed by atoms with Crippen molar-refractivity contribution in [3.63, 3.8) is 0 Å². The highest BCUT2D eigenvalue weighted by molar-refractivity contribution is 5.72. The van der Waals surface area contributed by atoms with Gasteiger partial charge in [-0.05, 0) is 59.9 Å².